The fourth-order valence-corrected chi connectivity index (χ4v) is 4.08. The Bertz CT molecular complexity index is 419. The fourth-order valence-electron chi connectivity index (χ4n) is 4.08. The monoisotopic (exact) mass is 298 g/mol. The molecule has 0 bridgehead atoms. The highest BCUT2D eigenvalue weighted by Crippen LogP contribution is 2.49. The van der Waals surface area contributed by atoms with Crippen LogP contribution in [-0.4, -0.2) is 47.2 Å². The van der Waals surface area contributed by atoms with Crippen molar-refractivity contribution < 1.29 is 24.9 Å². The Hall–Kier alpha value is -0.910. The highest BCUT2D eigenvalue weighted by atomic mass is 16.5. The molecule has 120 valence electrons. The number of carbonyl (C=O) groups is 1. The summed E-state index contributed by atoms with van der Waals surface area (Å²) in [6, 6.07) is 0. The number of aliphatic hydroxyl groups is 3. The van der Waals surface area contributed by atoms with Crippen LogP contribution in [0.2, 0.25) is 0 Å². The number of ether oxygens (including phenoxy) is 1. The number of fused-ring (bicyclic) bond motifs is 1. The van der Waals surface area contributed by atoms with Crippen molar-refractivity contribution in [3.05, 3.63) is 11.6 Å². The lowest BCUT2D eigenvalue weighted by Crippen LogP contribution is -2.52. The zero-order valence-corrected chi connectivity index (χ0v) is 12.8. The van der Waals surface area contributed by atoms with Crippen molar-refractivity contribution in [2.24, 2.45) is 23.7 Å². The fraction of sp³-hybridized carbons (Fsp3) is 0.812. The number of carbonyl (C=O) groups excluding carboxylic acids is 1. The van der Waals surface area contributed by atoms with Crippen LogP contribution in [0, 0.1) is 23.7 Å². The van der Waals surface area contributed by atoms with Gasteiger partial charge in [0.25, 0.3) is 0 Å². The molecule has 0 radical (unpaired) electrons. The molecule has 2 rings (SSSR count). The van der Waals surface area contributed by atoms with E-state index in [2.05, 4.69) is 0 Å². The zero-order chi connectivity index (χ0) is 15.6. The predicted octanol–water partition coefficient (Wildman–Crippen LogP) is 0.874. The van der Waals surface area contributed by atoms with Gasteiger partial charge in [-0.15, -0.1) is 0 Å². The topological polar surface area (TPSA) is 87.0 Å². The number of esters is 1. The van der Waals surface area contributed by atoms with E-state index in [9.17, 15) is 20.1 Å². The molecule has 0 aromatic carbocycles. The normalized spacial score (nSPS) is 37.4. The number of hydrogen-bond acceptors (Lipinski definition) is 5. The molecule has 0 heterocycles. The summed E-state index contributed by atoms with van der Waals surface area (Å²) >= 11 is 0. The van der Waals surface area contributed by atoms with Gasteiger partial charge in [-0.2, -0.15) is 0 Å². The molecule has 0 aliphatic heterocycles. The van der Waals surface area contributed by atoms with E-state index in [1.54, 1.807) is 0 Å². The molecule has 0 aromatic heterocycles. The molecule has 1 saturated carbocycles. The molecular weight excluding hydrogens is 272 g/mol. The molecule has 2 unspecified atom stereocenters. The van der Waals surface area contributed by atoms with E-state index < -0.39 is 5.60 Å². The molecule has 0 aromatic rings. The van der Waals surface area contributed by atoms with Gasteiger partial charge in [-0.25, -0.2) is 4.79 Å². The maximum Gasteiger partial charge on any atom is 0.333 e. The van der Waals surface area contributed by atoms with Gasteiger partial charge in [0.15, 0.2) is 0 Å². The van der Waals surface area contributed by atoms with Crippen LogP contribution in [0.1, 0.15) is 32.6 Å². The van der Waals surface area contributed by atoms with Gasteiger partial charge in [0.1, 0.15) is 0 Å². The van der Waals surface area contributed by atoms with Gasteiger partial charge in [0, 0.05) is 12.2 Å². The maximum absolute atomic E-state index is 11.8. The van der Waals surface area contributed by atoms with Gasteiger partial charge < -0.3 is 20.1 Å². The molecule has 5 nitrogen and oxygen atoms in total. The SMILES string of the molecule is COC(=O)C1=CC2C(CC1)[C@](O)(CO)CC[C@H]2[C@H](C)CO. The summed E-state index contributed by atoms with van der Waals surface area (Å²) in [5.41, 5.74) is -0.426. The third kappa shape index (κ3) is 3.00. The van der Waals surface area contributed by atoms with Gasteiger partial charge in [-0.3, -0.25) is 0 Å². The Balaban J connectivity index is 2.32. The van der Waals surface area contributed by atoms with E-state index in [0.29, 0.717) is 24.8 Å². The number of rotatable bonds is 4. The van der Waals surface area contributed by atoms with Crippen molar-refractivity contribution in [1.82, 2.24) is 0 Å². The molecule has 0 amide bonds. The first-order valence-corrected chi connectivity index (χ1v) is 7.70. The minimum atomic E-state index is -1.07. The van der Waals surface area contributed by atoms with Gasteiger partial charge >= 0.3 is 5.97 Å². The number of methoxy groups -OCH3 is 1. The van der Waals surface area contributed by atoms with Crippen LogP contribution in [0.15, 0.2) is 11.6 Å². The maximum atomic E-state index is 11.8. The average molecular weight is 298 g/mol. The molecule has 3 N–H and O–H groups in total. The first kappa shape index (κ1) is 16.5. The van der Waals surface area contributed by atoms with E-state index in [4.69, 9.17) is 4.74 Å². The minimum Gasteiger partial charge on any atom is -0.466 e. The molecular formula is C16H26O5. The summed E-state index contributed by atoms with van der Waals surface area (Å²) < 4.78 is 4.80. The second-order valence-corrected chi connectivity index (χ2v) is 6.53. The molecule has 0 saturated heterocycles. The first-order valence-electron chi connectivity index (χ1n) is 7.70. The summed E-state index contributed by atoms with van der Waals surface area (Å²) in [6.07, 6.45) is 4.43. The standard InChI is InChI=1S/C16H26O5/c1-10(8-17)12-5-6-16(20,9-18)14-4-3-11(7-13(12)14)15(19)21-2/h7,10,12-14,17-18,20H,3-6,8-9H2,1-2H3/t10-,12+,13?,14?,16-/m1/s1. The predicted molar refractivity (Wildman–Crippen MR) is 77.3 cm³/mol. The molecule has 2 aliphatic rings. The van der Waals surface area contributed by atoms with Crippen molar-refractivity contribution in [3.63, 3.8) is 0 Å². The minimum absolute atomic E-state index is 0.000833. The second kappa shape index (κ2) is 6.46. The Kier molecular flexibility index (Phi) is 5.07. The third-order valence-corrected chi connectivity index (χ3v) is 5.42. The summed E-state index contributed by atoms with van der Waals surface area (Å²) in [5, 5.41) is 29.7. The number of aliphatic hydroxyl groups excluding tert-OH is 2. The van der Waals surface area contributed by atoms with Crippen molar-refractivity contribution in [3.8, 4) is 0 Å². The largest absolute Gasteiger partial charge is 0.466 e. The lowest BCUT2D eigenvalue weighted by atomic mass is 9.58. The van der Waals surface area contributed by atoms with Gasteiger partial charge in [-0.1, -0.05) is 13.0 Å². The van der Waals surface area contributed by atoms with Crippen LogP contribution in [0.4, 0.5) is 0 Å². The summed E-state index contributed by atoms with van der Waals surface area (Å²) in [6.45, 7) is 1.83. The quantitative estimate of drug-likeness (QED) is 0.671. The van der Waals surface area contributed by atoms with E-state index in [-0.39, 0.29) is 42.9 Å². The average Bonchev–Trinajstić information content (AvgIpc) is 2.53. The number of hydrogen-bond donors (Lipinski definition) is 3. The van der Waals surface area contributed by atoms with E-state index in [1.807, 2.05) is 13.0 Å². The molecule has 5 heteroatoms. The molecule has 2 aliphatic carbocycles. The first-order chi connectivity index (χ1) is 9.96. The third-order valence-electron chi connectivity index (χ3n) is 5.42. The zero-order valence-electron chi connectivity index (χ0n) is 12.8. The van der Waals surface area contributed by atoms with Crippen LogP contribution in [0.25, 0.3) is 0 Å². The van der Waals surface area contributed by atoms with Gasteiger partial charge in [0.05, 0.1) is 19.3 Å². The molecule has 1 fully saturated rings. The van der Waals surface area contributed by atoms with Crippen molar-refractivity contribution in [2.75, 3.05) is 20.3 Å². The highest BCUT2D eigenvalue weighted by molar-refractivity contribution is 5.88. The summed E-state index contributed by atoms with van der Waals surface area (Å²) in [5.74, 6) is -0.0627. The van der Waals surface area contributed by atoms with Crippen molar-refractivity contribution in [2.45, 2.75) is 38.2 Å². The highest BCUT2D eigenvalue weighted by Gasteiger charge is 2.49. The lowest BCUT2D eigenvalue weighted by molar-refractivity contribution is -0.139. The van der Waals surface area contributed by atoms with Crippen LogP contribution in [-0.2, 0) is 9.53 Å². The lowest BCUT2D eigenvalue weighted by Gasteiger charge is -2.50. The Labute approximate surface area is 125 Å². The van der Waals surface area contributed by atoms with E-state index in [1.165, 1.54) is 7.11 Å². The summed E-state index contributed by atoms with van der Waals surface area (Å²) in [4.78, 5) is 11.8. The van der Waals surface area contributed by atoms with Crippen LogP contribution < -0.4 is 0 Å². The van der Waals surface area contributed by atoms with Crippen LogP contribution >= 0.6 is 0 Å². The van der Waals surface area contributed by atoms with Gasteiger partial charge in [0.2, 0.25) is 0 Å². The van der Waals surface area contributed by atoms with Gasteiger partial charge in [-0.05, 0) is 49.4 Å². The number of allylic oxidation sites excluding steroid dienone is 1. The Morgan fingerprint density at radius 1 is 1.48 bits per heavy atom. The Morgan fingerprint density at radius 2 is 2.19 bits per heavy atom. The molecule has 0 spiro atoms. The molecule has 21 heavy (non-hydrogen) atoms. The smallest absolute Gasteiger partial charge is 0.333 e. The van der Waals surface area contributed by atoms with Crippen LogP contribution in [0.5, 0.6) is 0 Å². The molecule has 5 atom stereocenters. The van der Waals surface area contributed by atoms with Crippen molar-refractivity contribution in [1.29, 1.82) is 0 Å². The summed E-state index contributed by atoms with van der Waals surface area (Å²) in [7, 11) is 1.37. The van der Waals surface area contributed by atoms with Crippen molar-refractivity contribution >= 4 is 5.97 Å². The van der Waals surface area contributed by atoms with E-state index in [0.717, 1.165) is 6.42 Å². The Morgan fingerprint density at radius 3 is 2.76 bits per heavy atom. The van der Waals surface area contributed by atoms with E-state index >= 15 is 0 Å². The van der Waals surface area contributed by atoms with Crippen LogP contribution in [0.3, 0.4) is 0 Å². The second-order valence-electron chi connectivity index (χ2n) is 6.53.